The number of benzene rings is 2. The number of hydrogen-bond acceptors (Lipinski definition) is 5. The molecule has 2 aliphatic heterocycles. The maximum atomic E-state index is 13.1. The zero-order chi connectivity index (χ0) is 17.2. The molecule has 25 heavy (non-hydrogen) atoms. The van der Waals surface area contributed by atoms with Crippen molar-refractivity contribution in [3.8, 4) is 17.2 Å². The molecule has 5 nitrogen and oxygen atoms in total. The Kier molecular flexibility index (Phi) is 4.44. The molecule has 1 fully saturated rings. The molecule has 0 saturated carbocycles. The highest BCUT2D eigenvalue weighted by Crippen LogP contribution is 2.42. The molecular formula is C19H19NO4S. The lowest BCUT2D eigenvalue weighted by Crippen LogP contribution is -2.30. The maximum Gasteiger partial charge on any atom is 0.258 e. The van der Waals surface area contributed by atoms with Gasteiger partial charge in [0.1, 0.15) is 24.3 Å². The minimum Gasteiger partial charge on any atom is -0.496 e. The summed E-state index contributed by atoms with van der Waals surface area (Å²) in [7, 11) is 1.59. The standard InChI is InChI=1S/C19H19NO4S/c1-22-15-5-3-2-4-14(15)18(21)20-8-11-25-19(20)13-6-7-16-17(12-13)24-10-9-23-16/h2-7,12,19H,8-11H2,1H3/t19-/m1/s1. The smallest absolute Gasteiger partial charge is 0.258 e. The Hall–Kier alpha value is -2.34. The minimum absolute atomic E-state index is 0.0117. The molecule has 2 heterocycles. The van der Waals surface area contributed by atoms with E-state index in [1.54, 1.807) is 18.9 Å². The number of nitrogens with zero attached hydrogens (tertiary/aromatic N) is 1. The molecule has 0 unspecified atom stereocenters. The molecule has 2 aliphatic rings. The third kappa shape index (κ3) is 3.02. The number of hydrogen-bond donors (Lipinski definition) is 0. The summed E-state index contributed by atoms with van der Waals surface area (Å²) in [5.41, 5.74) is 1.64. The SMILES string of the molecule is COc1ccccc1C(=O)N1CCS[C@@H]1c1ccc2c(c1)OCCO2. The van der Waals surface area contributed by atoms with Crippen LogP contribution in [0, 0.1) is 0 Å². The average molecular weight is 357 g/mol. The van der Waals surface area contributed by atoms with Crippen molar-refractivity contribution >= 4 is 17.7 Å². The summed E-state index contributed by atoms with van der Waals surface area (Å²) in [6, 6.07) is 13.3. The first-order chi connectivity index (χ1) is 12.3. The Bertz CT molecular complexity index is 795. The fraction of sp³-hybridized carbons (Fsp3) is 0.316. The third-order valence-corrected chi connectivity index (χ3v) is 5.60. The lowest BCUT2D eigenvalue weighted by molar-refractivity contribution is 0.0756. The number of rotatable bonds is 3. The van der Waals surface area contributed by atoms with E-state index in [0.29, 0.717) is 31.1 Å². The summed E-state index contributed by atoms with van der Waals surface area (Å²) in [6.07, 6.45) is 0. The van der Waals surface area contributed by atoms with E-state index in [0.717, 1.165) is 22.8 Å². The van der Waals surface area contributed by atoms with E-state index in [1.807, 2.05) is 47.4 Å². The molecule has 0 N–H and O–H groups in total. The second kappa shape index (κ2) is 6.88. The predicted octanol–water partition coefficient (Wildman–Crippen LogP) is 3.35. The van der Waals surface area contributed by atoms with Crippen molar-refractivity contribution in [2.45, 2.75) is 5.37 Å². The number of ether oxygens (including phenoxy) is 3. The van der Waals surface area contributed by atoms with Gasteiger partial charge in [-0.25, -0.2) is 0 Å². The van der Waals surface area contributed by atoms with Crippen LogP contribution in [-0.2, 0) is 0 Å². The van der Waals surface area contributed by atoms with Crippen LogP contribution >= 0.6 is 11.8 Å². The van der Waals surface area contributed by atoms with Crippen molar-refractivity contribution in [2.75, 3.05) is 32.6 Å². The fourth-order valence-electron chi connectivity index (χ4n) is 3.14. The van der Waals surface area contributed by atoms with Gasteiger partial charge < -0.3 is 19.1 Å². The highest BCUT2D eigenvalue weighted by atomic mass is 32.2. The van der Waals surface area contributed by atoms with Gasteiger partial charge in [-0.1, -0.05) is 18.2 Å². The molecule has 2 aromatic rings. The lowest BCUT2D eigenvalue weighted by Gasteiger charge is -2.26. The first-order valence-corrected chi connectivity index (χ1v) is 9.28. The minimum atomic E-state index is -0.0340. The van der Waals surface area contributed by atoms with Crippen molar-refractivity contribution < 1.29 is 19.0 Å². The first kappa shape index (κ1) is 16.1. The summed E-state index contributed by atoms with van der Waals surface area (Å²) in [5.74, 6) is 3.01. The van der Waals surface area contributed by atoms with Crippen LogP contribution in [0.3, 0.4) is 0 Å². The quantitative estimate of drug-likeness (QED) is 0.843. The summed E-state index contributed by atoms with van der Waals surface area (Å²) >= 11 is 1.76. The van der Waals surface area contributed by atoms with Crippen LogP contribution in [0.5, 0.6) is 17.2 Å². The lowest BCUT2D eigenvalue weighted by atomic mass is 10.1. The van der Waals surface area contributed by atoms with Gasteiger partial charge in [0.05, 0.1) is 12.7 Å². The van der Waals surface area contributed by atoms with Crippen molar-refractivity contribution in [1.29, 1.82) is 0 Å². The van der Waals surface area contributed by atoms with Crippen molar-refractivity contribution in [3.05, 3.63) is 53.6 Å². The number of amides is 1. The van der Waals surface area contributed by atoms with Crippen molar-refractivity contribution in [3.63, 3.8) is 0 Å². The van der Waals surface area contributed by atoms with Crippen LogP contribution in [0.25, 0.3) is 0 Å². The summed E-state index contributed by atoms with van der Waals surface area (Å²) in [6.45, 7) is 1.84. The molecule has 0 aliphatic carbocycles. The maximum absolute atomic E-state index is 13.1. The molecule has 1 amide bonds. The molecular weight excluding hydrogens is 338 g/mol. The van der Waals surface area contributed by atoms with Gasteiger partial charge in [-0.3, -0.25) is 4.79 Å². The van der Waals surface area contributed by atoms with E-state index in [9.17, 15) is 4.79 Å². The zero-order valence-electron chi connectivity index (χ0n) is 13.9. The van der Waals surface area contributed by atoms with E-state index in [2.05, 4.69) is 0 Å². The molecule has 0 spiro atoms. The molecule has 130 valence electrons. The zero-order valence-corrected chi connectivity index (χ0v) is 14.8. The van der Waals surface area contributed by atoms with E-state index in [1.165, 1.54) is 0 Å². The highest BCUT2D eigenvalue weighted by molar-refractivity contribution is 7.99. The third-order valence-electron chi connectivity index (χ3n) is 4.34. The molecule has 0 bridgehead atoms. The summed E-state index contributed by atoms with van der Waals surface area (Å²) in [4.78, 5) is 15.0. The van der Waals surface area contributed by atoms with Crippen LogP contribution in [0.1, 0.15) is 21.3 Å². The average Bonchev–Trinajstić information content (AvgIpc) is 3.16. The second-order valence-corrected chi connectivity index (χ2v) is 7.01. The fourth-order valence-corrected chi connectivity index (χ4v) is 4.39. The molecule has 0 aromatic heterocycles. The largest absolute Gasteiger partial charge is 0.496 e. The highest BCUT2D eigenvalue weighted by Gasteiger charge is 2.33. The molecule has 2 aromatic carbocycles. The Morgan fingerprint density at radius 2 is 1.96 bits per heavy atom. The predicted molar refractivity (Wildman–Crippen MR) is 96.7 cm³/mol. The normalized spacial score (nSPS) is 18.9. The monoisotopic (exact) mass is 357 g/mol. The number of para-hydroxylation sites is 1. The molecule has 6 heteroatoms. The Labute approximate surface area is 150 Å². The molecule has 0 radical (unpaired) electrons. The van der Waals surface area contributed by atoms with Gasteiger partial charge in [0.2, 0.25) is 0 Å². The van der Waals surface area contributed by atoms with E-state index in [-0.39, 0.29) is 11.3 Å². The molecule has 4 rings (SSSR count). The number of fused-ring (bicyclic) bond motifs is 1. The van der Waals surface area contributed by atoms with Gasteiger partial charge in [-0.2, -0.15) is 0 Å². The van der Waals surface area contributed by atoms with Crippen LogP contribution in [0.2, 0.25) is 0 Å². The van der Waals surface area contributed by atoms with Gasteiger partial charge in [0, 0.05) is 12.3 Å². The molecule has 1 atom stereocenters. The van der Waals surface area contributed by atoms with E-state index in [4.69, 9.17) is 14.2 Å². The van der Waals surface area contributed by atoms with Gasteiger partial charge in [0.25, 0.3) is 5.91 Å². The number of thioether (sulfide) groups is 1. The van der Waals surface area contributed by atoms with Gasteiger partial charge in [-0.15, -0.1) is 11.8 Å². The Morgan fingerprint density at radius 3 is 2.80 bits per heavy atom. The Morgan fingerprint density at radius 1 is 1.16 bits per heavy atom. The van der Waals surface area contributed by atoms with Crippen LogP contribution in [-0.4, -0.2) is 43.4 Å². The first-order valence-electron chi connectivity index (χ1n) is 8.23. The summed E-state index contributed by atoms with van der Waals surface area (Å²) in [5, 5.41) is -0.0340. The van der Waals surface area contributed by atoms with Crippen LogP contribution in [0.15, 0.2) is 42.5 Å². The van der Waals surface area contributed by atoms with Crippen LogP contribution in [0.4, 0.5) is 0 Å². The van der Waals surface area contributed by atoms with E-state index < -0.39 is 0 Å². The number of methoxy groups -OCH3 is 1. The van der Waals surface area contributed by atoms with Gasteiger partial charge >= 0.3 is 0 Å². The van der Waals surface area contributed by atoms with E-state index >= 15 is 0 Å². The number of carbonyl (C=O) groups excluding carboxylic acids is 1. The Balaban J connectivity index is 1.63. The van der Waals surface area contributed by atoms with Gasteiger partial charge in [0.15, 0.2) is 11.5 Å². The summed E-state index contributed by atoms with van der Waals surface area (Å²) < 4.78 is 16.6. The van der Waals surface area contributed by atoms with Crippen LogP contribution < -0.4 is 14.2 Å². The topological polar surface area (TPSA) is 48.0 Å². The molecule has 1 saturated heterocycles. The second-order valence-electron chi connectivity index (χ2n) is 5.83. The van der Waals surface area contributed by atoms with Crippen molar-refractivity contribution in [1.82, 2.24) is 4.90 Å². The van der Waals surface area contributed by atoms with Gasteiger partial charge in [-0.05, 0) is 29.8 Å². The number of carbonyl (C=O) groups is 1. The van der Waals surface area contributed by atoms with Crippen molar-refractivity contribution in [2.24, 2.45) is 0 Å².